The van der Waals surface area contributed by atoms with Crippen molar-refractivity contribution in [2.75, 3.05) is 25.0 Å². The highest BCUT2D eigenvalue weighted by atomic mass is 32.1. The van der Waals surface area contributed by atoms with Gasteiger partial charge in [0.2, 0.25) is 0 Å². The molecule has 0 unspecified atom stereocenters. The third-order valence-corrected chi connectivity index (χ3v) is 7.60. The van der Waals surface area contributed by atoms with Crippen molar-refractivity contribution in [2.24, 2.45) is 0 Å². The van der Waals surface area contributed by atoms with Crippen molar-refractivity contribution in [3.63, 3.8) is 0 Å². The third kappa shape index (κ3) is 3.20. The van der Waals surface area contributed by atoms with E-state index in [4.69, 9.17) is 4.74 Å². The van der Waals surface area contributed by atoms with Gasteiger partial charge in [0.25, 0.3) is 11.8 Å². The number of H-pyrrole nitrogens is 1. The maximum atomic E-state index is 13.0. The highest BCUT2D eigenvalue weighted by Gasteiger charge is 2.53. The summed E-state index contributed by atoms with van der Waals surface area (Å²) in [6, 6.07) is 13.3. The van der Waals surface area contributed by atoms with Crippen LogP contribution in [0.15, 0.2) is 47.8 Å². The number of nitrogens with zero attached hydrogens (tertiary/aromatic N) is 2. The quantitative estimate of drug-likeness (QED) is 0.558. The van der Waals surface area contributed by atoms with E-state index in [1.54, 1.807) is 11.3 Å². The molecule has 3 N–H and O–H groups in total. The second kappa shape index (κ2) is 7.18. The zero-order valence-electron chi connectivity index (χ0n) is 17.4. The first-order valence-corrected chi connectivity index (χ1v) is 11.7. The van der Waals surface area contributed by atoms with Crippen LogP contribution in [0.25, 0.3) is 10.6 Å². The van der Waals surface area contributed by atoms with E-state index < -0.39 is 5.66 Å². The second-order valence-electron chi connectivity index (χ2n) is 8.79. The number of piperidine rings is 1. The Balaban J connectivity index is 1.13. The Labute approximate surface area is 189 Å². The van der Waals surface area contributed by atoms with Crippen LogP contribution >= 0.6 is 11.3 Å². The highest BCUT2D eigenvalue weighted by Crippen LogP contribution is 2.43. The summed E-state index contributed by atoms with van der Waals surface area (Å²) in [4.78, 5) is 28.5. The summed E-state index contributed by atoms with van der Waals surface area (Å²) in [6.07, 6.45) is 2.12. The standard InChI is InChI=1S/C23H23N5O3S/c29-20-15-4-1-2-5-16(15)24-23(25-20)13-22(31-14-23)7-9-28(10-8-22)21(30)18-12-17(26-27-18)19-6-3-11-32-19/h1-6,11-12,24H,7-10,13-14H2,(H,25,29)(H,26,27)/t23-/m0/s1. The summed E-state index contributed by atoms with van der Waals surface area (Å²) in [5, 5.41) is 15.8. The van der Waals surface area contributed by atoms with E-state index in [9.17, 15) is 9.59 Å². The molecule has 8 nitrogen and oxygen atoms in total. The molecule has 0 aliphatic carbocycles. The van der Waals surface area contributed by atoms with Gasteiger partial charge in [-0.25, -0.2) is 0 Å². The summed E-state index contributed by atoms with van der Waals surface area (Å²) in [5.41, 5.74) is 1.83. The van der Waals surface area contributed by atoms with Crippen LogP contribution in [0.4, 0.5) is 5.69 Å². The molecule has 0 saturated carbocycles. The van der Waals surface area contributed by atoms with Gasteiger partial charge >= 0.3 is 0 Å². The van der Waals surface area contributed by atoms with E-state index in [2.05, 4.69) is 20.8 Å². The fraction of sp³-hybridized carbons (Fsp3) is 0.348. The Bertz CT molecular complexity index is 1180. The maximum Gasteiger partial charge on any atom is 0.274 e. The number of ether oxygens (including phenoxy) is 1. The van der Waals surface area contributed by atoms with Crippen molar-refractivity contribution in [1.82, 2.24) is 20.4 Å². The number of aromatic amines is 1. The van der Waals surface area contributed by atoms with E-state index >= 15 is 0 Å². The lowest BCUT2D eigenvalue weighted by atomic mass is 9.84. The number of hydrogen-bond acceptors (Lipinski definition) is 6. The minimum absolute atomic E-state index is 0.0652. The average Bonchev–Trinajstić information content (AvgIpc) is 3.55. The zero-order valence-corrected chi connectivity index (χ0v) is 18.2. The number of rotatable bonds is 2. The average molecular weight is 450 g/mol. The SMILES string of the molecule is O=C1N[C@@]2(COC3(CCN(C(=O)c4cc(-c5cccs5)[nH]n4)CC3)C2)Nc2ccccc21. The maximum absolute atomic E-state index is 13.0. The van der Waals surface area contributed by atoms with Crippen molar-refractivity contribution < 1.29 is 14.3 Å². The van der Waals surface area contributed by atoms with Crippen molar-refractivity contribution in [3.05, 3.63) is 59.1 Å². The number of carbonyl (C=O) groups excluding carboxylic acids is 2. The molecule has 0 radical (unpaired) electrons. The van der Waals surface area contributed by atoms with Gasteiger partial charge in [0.15, 0.2) is 5.69 Å². The van der Waals surface area contributed by atoms with Crippen molar-refractivity contribution in [1.29, 1.82) is 0 Å². The minimum Gasteiger partial charge on any atom is -0.370 e. The Morgan fingerprint density at radius 2 is 1.97 bits per heavy atom. The molecule has 2 aromatic heterocycles. The molecule has 1 atom stereocenters. The van der Waals surface area contributed by atoms with Gasteiger partial charge < -0.3 is 20.3 Å². The van der Waals surface area contributed by atoms with Gasteiger partial charge in [-0.3, -0.25) is 14.7 Å². The molecule has 6 rings (SSSR count). The molecular weight excluding hydrogens is 426 g/mol. The highest BCUT2D eigenvalue weighted by molar-refractivity contribution is 7.13. The Morgan fingerprint density at radius 1 is 1.12 bits per heavy atom. The van der Waals surface area contributed by atoms with Crippen molar-refractivity contribution in [3.8, 4) is 10.6 Å². The third-order valence-electron chi connectivity index (χ3n) is 6.69. The van der Waals surface area contributed by atoms with Crippen LogP contribution in [0.1, 0.15) is 40.1 Å². The van der Waals surface area contributed by atoms with Gasteiger partial charge in [0.1, 0.15) is 5.66 Å². The number of benzene rings is 1. The van der Waals surface area contributed by atoms with Gasteiger partial charge in [-0.05, 0) is 42.5 Å². The molecule has 3 aliphatic heterocycles. The van der Waals surface area contributed by atoms with Gasteiger partial charge in [0.05, 0.1) is 28.3 Å². The molecule has 5 heterocycles. The fourth-order valence-corrected chi connectivity index (χ4v) is 5.73. The largest absolute Gasteiger partial charge is 0.370 e. The molecular formula is C23H23N5O3S. The number of amides is 2. The molecule has 2 fully saturated rings. The van der Waals surface area contributed by atoms with Crippen molar-refractivity contribution in [2.45, 2.75) is 30.5 Å². The van der Waals surface area contributed by atoms with E-state index in [1.165, 1.54) is 0 Å². The van der Waals surface area contributed by atoms with E-state index in [0.29, 0.717) is 37.4 Å². The van der Waals surface area contributed by atoms with Crippen LogP contribution in [-0.2, 0) is 4.74 Å². The lowest BCUT2D eigenvalue weighted by Gasteiger charge is -2.40. The lowest BCUT2D eigenvalue weighted by Crippen LogP contribution is -2.59. The molecule has 32 heavy (non-hydrogen) atoms. The normalized spacial score (nSPS) is 23.8. The first-order valence-electron chi connectivity index (χ1n) is 10.8. The monoisotopic (exact) mass is 449 g/mol. The van der Waals surface area contributed by atoms with E-state index in [-0.39, 0.29) is 17.4 Å². The molecule has 2 amide bonds. The number of anilines is 1. The fourth-order valence-electron chi connectivity index (χ4n) is 5.04. The predicted octanol–water partition coefficient (Wildman–Crippen LogP) is 3.09. The number of aromatic nitrogens is 2. The summed E-state index contributed by atoms with van der Waals surface area (Å²) in [6.45, 7) is 1.60. The predicted molar refractivity (Wildman–Crippen MR) is 121 cm³/mol. The first kappa shape index (κ1) is 19.5. The minimum atomic E-state index is -0.602. The second-order valence-corrected chi connectivity index (χ2v) is 9.74. The zero-order chi connectivity index (χ0) is 21.8. The van der Waals surface area contributed by atoms with Gasteiger partial charge in [-0.2, -0.15) is 5.10 Å². The smallest absolute Gasteiger partial charge is 0.274 e. The summed E-state index contributed by atoms with van der Waals surface area (Å²) in [7, 11) is 0. The lowest BCUT2D eigenvalue weighted by molar-refractivity contribution is -0.0394. The van der Waals surface area contributed by atoms with Crippen LogP contribution in [0.5, 0.6) is 0 Å². The Morgan fingerprint density at radius 3 is 2.78 bits per heavy atom. The number of nitrogens with one attached hydrogen (secondary N) is 3. The number of thiophene rings is 1. The molecule has 1 aromatic carbocycles. The van der Waals surface area contributed by atoms with Crippen LogP contribution in [0.3, 0.4) is 0 Å². The van der Waals surface area contributed by atoms with Crippen LogP contribution in [0, 0.1) is 0 Å². The topological polar surface area (TPSA) is 99.4 Å². The van der Waals surface area contributed by atoms with Crippen LogP contribution in [-0.4, -0.2) is 57.9 Å². The molecule has 3 aromatic rings. The van der Waals surface area contributed by atoms with Crippen LogP contribution in [0.2, 0.25) is 0 Å². The molecule has 0 bridgehead atoms. The number of fused-ring (bicyclic) bond motifs is 1. The number of hydrogen-bond donors (Lipinski definition) is 3. The van der Waals surface area contributed by atoms with Gasteiger partial charge in [-0.1, -0.05) is 18.2 Å². The van der Waals surface area contributed by atoms with Crippen molar-refractivity contribution >= 4 is 28.8 Å². The molecule has 3 aliphatic rings. The summed E-state index contributed by atoms with van der Waals surface area (Å²) < 4.78 is 6.29. The first-order chi connectivity index (χ1) is 15.5. The Kier molecular flexibility index (Phi) is 4.38. The number of para-hydroxylation sites is 1. The number of likely N-dealkylation sites (tertiary alicyclic amines) is 1. The van der Waals surface area contributed by atoms with Gasteiger partial charge in [-0.15, -0.1) is 11.3 Å². The molecule has 164 valence electrons. The van der Waals surface area contributed by atoms with Crippen LogP contribution < -0.4 is 10.6 Å². The van der Waals surface area contributed by atoms with Gasteiger partial charge in [0, 0.05) is 25.2 Å². The molecule has 2 spiro atoms. The molecule has 2 saturated heterocycles. The summed E-state index contributed by atoms with van der Waals surface area (Å²) >= 11 is 1.61. The number of carbonyl (C=O) groups is 2. The van der Waals surface area contributed by atoms with E-state index in [0.717, 1.165) is 29.1 Å². The Hall–Kier alpha value is -3.17. The van der Waals surface area contributed by atoms with E-state index in [1.807, 2.05) is 52.7 Å². The summed E-state index contributed by atoms with van der Waals surface area (Å²) in [5.74, 6) is -0.141. The molecule has 9 heteroatoms.